The van der Waals surface area contributed by atoms with E-state index in [-0.39, 0.29) is 16.7 Å². The van der Waals surface area contributed by atoms with E-state index in [2.05, 4.69) is 4.98 Å². The Labute approximate surface area is 146 Å². The van der Waals surface area contributed by atoms with Crippen LogP contribution in [0.1, 0.15) is 57.7 Å². The monoisotopic (exact) mass is 342 g/mol. The molecule has 2 aromatic rings. The average molecular weight is 342 g/mol. The molecule has 25 heavy (non-hydrogen) atoms. The molecular weight excluding hydrogens is 316 g/mol. The molecule has 6 rings (SSSR count). The van der Waals surface area contributed by atoms with Gasteiger partial charge in [0.1, 0.15) is 11.3 Å². The standard InChI is InChI=1S/C19H26N4O2/c1-3-4-23-15-14(16(24)22(2)18(23)25)20-17(21-15)19-8-11-5-12(9-19)7-13(6-11)10-19/h11-13H,3-10H2,1-2H3,(H,20,21). The molecule has 0 atom stereocenters. The molecule has 0 unspecified atom stereocenters. The summed E-state index contributed by atoms with van der Waals surface area (Å²) in [6.07, 6.45) is 8.55. The quantitative estimate of drug-likeness (QED) is 0.930. The summed E-state index contributed by atoms with van der Waals surface area (Å²) >= 11 is 0. The maximum absolute atomic E-state index is 12.6. The topological polar surface area (TPSA) is 72.7 Å². The Morgan fingerprint density at radius 2 is 1.72 bits per heavy atom. The molecule has 4 aliphatic carbocycles. The van der Waals surface area contributed by atoms with Crippen molar-refractivity contribution in [3.05, 3.63) is 26.7 Å². The molecule has 0 aliphatic heterocycles. The Hall–Kier alpha value is -1.85. The molecule has 2 aromatic heterocycles. The fourth-order valence-corrected chi connectivity index (χ4v) is 6.31. The van der Waals surface area contributed by atoms with E-state index in [9.17, 15) is 9.59 Å². The molecule has 0 radical (unpaired) electrons. The zero-order valence-electron chi connectivity index (χ0n) is 15.0. The predicted octanol–water partition coefficient (Wildman–Crippen LogP) is 2.30. The van der Waals surface area contributed by atoms with Crippen LogP contribution in [0.2, 0.25) is 0 Å². The number of nitrogens with one attached hydrogen (secondary N) is 1. The van der Waals surface area contributed by atoms with Gasteiger partial charge in [-0.1, -0.05) is 6.92 Å². The Morgan fingerprint density at radius 1 is 1.12 bits per heavy atom. The van der Waals surface area contributed by atoms with Gasteiger partial charge in [-0.25, -0.2) is 9.78 Å². The first-order valence-corrected chi connectivity index (χ1v) is 9.71. The molecule has 134 valence electrons. The van der Waals surface area contributed by atoms with Crippen LogP contribution in [0.5, 0.6) is 0 Å². The predicted molar refractivity (Wildman–Crippen MR) is 95.7 cm³/mol. The summed E-state index contributed by atoms with van der Waals surface area (Å²) in [5, 5.41) is 0. The fraction of sp³-hybridized carbons (Fsp3) is 0.737. The molecule has 6 heteroatoms. The van der Waals surface area contributed by atoms with Gasteiger partial charge in [0.05, 0.1) is 0 Å². The normalized spacial score (nSPS) is 33.4. The van der Waals surface area contributed by atoms with Gasteiger partial charge >= 0.3 is 5.69 Å². The van der Waals surface area contributed by atoms with Crippen molar-refractivity contribution in [2.24, 2.45) is 24.8 Å². The minimum Gasteiger partial charge on any atom is -0.336 e. The van der Waals surface area contributed by atoms with Crippen LogP contribution in [0, 0.1) is 17.8 Å². The lowest BCUT2D eigenvalue weighted by atomic mass is 9.49. The molecule has 0 aromatic carbocycles. The highest BCUT2D eigenvalue weighted by molar-refractivity contribution is 5.70. The second-order valence-corrected chi connectivity index (χ2v) is 8.78. The zero-order valence-corrected chi connectivity index (χ0v) is 15.0. The third kappa shape index (κ3) is 2.06. The SMILES string of the molecule is CCCn1c(=O)n(C)c(=O)c2[nH]c(C34CC5CC(CC(C5)C3)C4)nc21. The molecule has 4 saturated carbocycles. The molecular formula is C19H26N4O2. The van der Waals surface area contributed by atoms with Crippen LogP contribution in [0.15, 0.2) is 9.59 Å². The number of aryl methyl sites for hydroxylation is 1. The van der Waals surface area contributed by atoms with Gasteiger partial charge < -0.3 is 4.98 Å². The molecule has 4 bridgehead atoms. The Bertz CT molecular complexity index is 929. The Balaban J connectivity index is 1.71. The number of hydrogen-bond donors (Lipinski definition) is 1. The van der Waals surface area contributed by atoms with Crippen LogP contribution < -0.4 is 11.2 Å². The average Bonchev–Trinajstić information content (AvgIpc) is 3.02. The lowest BCUT2D eigenvalue weighted by Gasteiger charge is -2.55. The highest BCUT2D eigenvalue weighted by atomic mass is 16.2. The van der Waals surface area contributed by atoms with Gasteiger partial charge in [0.15, 0.2) is 5.65 Å². The fourth-order valence-electron chi connectivity index (χ4n) is 6.31. The van der Waals surface area contributed by atoms with Crippen molar-refractivity contribution in [3.63, 3.8) is 0 Å². The smallest absolute Gasteiger partial charge is 0.332 e. The first-order valence-electron chi connectivity index (χ1n) is 9.71. The van der Waals surface area contributed by atoms with Crippen LogP contribution in [0.4, 0.5) is 0 Å². The van der Waals surface area contributed by atoms with Crippen molar-refractivity contribution >= 4 is 11.2 Å². The molecule has 1 N–H and O–H groups in total. The molecule has 4 fully saturated rings. The summed E-state index contributed by atoms with van der Waals surface area (Å²) in [4.78, 5) is 33.4. The summed E-state index contributed by atoms with van der Waals surface area (Å²) in [5.74, 6) is 3.43. The number of aromatic nitrogens is 4. The summed E-state index contributed by atoms with van der Waals surface area (Å²) in [5.41, 5.74) is 0.645. The molecule has 0 spiro atoms. The highest BCUT2D eigenvalue weighted by Gasteiger charge is 2.53. The number of aromatic amines is 1. The van der Waals surface area contributed by atoms with Crippen LogP contribution in [0.25, 0.3) is 11.2 Å². The molecule has 4 aliphatic rings. The van der Waals surface area contributed by atoms with E-state index in [0.29, 0.717) is 17.7 Å². The second kappa shape index (κ2) is 5.08. The number of hydrogen-bond acceptors (Lipinski definition) is 3. The first-order chi connectivity index (χ1) is 12.0. The molecule has 0 amide bonds. The summed E-state index contributed by atoms with van der Waals surface area (Å²) < 4.78 is 2.87. The first kappa shape index (κ1) is 15.4. The van der Waals surface area contributed by atoms with Crippen molar-refractivity contribution < 1.29 is 0 Å². The van der Waals surface area contributed by atoms with Crippen molar-refractivity contribution in [2.45, 2.75) is 63.8 Å². The van der Waals surface area contributed by atoms with Crippen molar-refractivity contribution in [1.29, 1.82) is 0 Å². The lowest BCUT2D eigenvalue weighted by molar-refractivity contribution is -0.00889. The maximum Gasteiger partial charge on any atom is 0.332 e. The maximum atomic E-state index is 12.6. The third-order valence-electron chi connectivity index (χ3n) is 6.96. The minimum absolute atomic E-state index is 0.103. The summed E-state index contributed by atoms with van der Waals surface area (Å²) in [6.45, 7) is 2.63. The molecule has 2 heterocycles. The summed E-state index contributed by atoms with van der Waals surface area (Å²) in [7, 11) is 1.56. The van der Waals surface area contributed by atoms with E-state index in [1.54, 1.807) is 11.6 Å². The van der Waals surface area contributed by atoms with E-state index in [4.69, 9.17) is 4.98 Å². The highest BCUT2D eigenvalue weighted by Crippen LogP contribution is 2.60. The van der Waals surface area contributed by atoms with Crippen molar-refractivity contribution in [1.82, 2.24) is 19.1 Å². The summed E-state index contributed by atoms with van der Waals surface area (Å²) in [6, 6.07) is 0. The van der Waals surface area contributed by atoms with Crippen molar-refractivity contribution in [2.75, 3.05) is 0 Å². The number of rotatable bonds is 3. The van der Waals surface area contributed by atoms with Crippen LogP contribution in [0.3, 0.4) is 0 Å². The van der Waals surface area contributed by atoms with Gasteiger partial charge in [0.25, 0.3) is 5.56 Å². The van der Waals surface area contributed by atoms with Crippen LogP contribution in [-0.4, -0.2) is 19.1 Å². The van der Waals surface area contributed by atoms with Gasteiger partial charge in [-0.15, -0.1) is 0 Å². The number of H-pyrrole nitrogens is 1. The lowest BCUT2D eigenvalue weighted by Crippen LogP contribution is -2.49. The molecule has 0 saturated heterocycles. The van der Waals surface area contributed by atoms with Gasteiger partial charge in [-0.05, 0) is 62.7 Å². The van der Waals surface area contributed by atoms with Crippen LogP contribution >= 0.6 is 0 Å². The Morgan fingerprint density at radius 3 is 2.28 bits per heavy atom. The zero-order chi connectivity index (χ0) is 17.3. The van der Waals surface area contributed by atoms with E-state index in [0.717, 1.165) is 30.0 Å². The number of imidazole rings is 1. The van der Waals surface area contributed by atoms with Gasteiger partial charge in [-0.2, -0.15) is 0 Å². The minimum atomic E-state index is -0.261. The van der Waals surface area contributed by atoms with E-state index in [1.165, 1.54) is 43.1 Å². The molecule has 6 nitrogen and oxygen atoms in total. The van der Waals surface area contributed by atoms with Gasteiger partial charge in [0.2, 0.25) is 0 Å². The Kier molecular flexibility index (Phi) is 3.13. The van der Waals surface area contributed by atoms with Crippen LogP contribution in [-0.2, 0) is 19.0 Å². The van der Waals surface area contributed by atoms with Gasteiger partial charge in [0, 0.05) is 19.0 Å². The number of nitrogens with zero attached hydrogens (tertiary/aromatic N) is 3. The third-order valence-corrected chi connectivity index (χ3v) is 6.96. The second-order valence-electron chi connectivity index (χ2n) is 8.78. The number of fused-ring (bicyclic) bond motifs is 1. The largest absolute Gasteiger partial charge is 0.336 e. The van der Waals surface area contributed by atoms with Crippen molar-refractivity contribution in [3.8, 4) is 0 Å². The van der Waals surface area contributed by atoms with E-state index < -0.39 is 0 Å². The van der Waals surface area contributed by atoms with E-state index in [1.807, 2.05) is 6.92 Å². The van der Waals surface area contributed by atoms with E-state index >= 15 is 0 Å². The van der Waals surface area contributed by atoms with Gasteiger partial charge in [-0.3, -0.25) is 13.9 Å².